The molecule has 0 saturated heterocycles. The highest BCUT2D eigenvalue weighted by molar-refractivity contribution is 9.10. The van der Waals surface area contributed by atoms with E-state index in [-0.39, 0.29) is 23.9 Å². The van der Waals surface area contributed by atoms with Crippen LogP contribution in [0.3, 0.4) is 0 Å². The van der Waals surface area contributed by atoms with Gasteiger partial charge in [-0.25, -0.2) is 0 Å². The van der Waals surface area contributed by atoms with Crippen molar-refractivity contribution in [3.63, 3.8) is 0 Å². The van der Waals surface area contributed by atoms with Crippen LogP contribution in [-0.4, -0.2) is 24.7 Å². The highest BCUT2D eigenvalue weighted by atomic mass is 79.9. The highest BCUT2D eigenvalue weighted by Crippen LogP contribution is 2.27. The van der Waals surface area contributed by atoms with Crippen LogP contribution in [0, 0.1) is 0 Å². The largest absolute Gasteiger partial charge is 0.496 e. The first-order chi connectivity index (χ1) is 11.7. The van der Waals surface area contributed by atoms with E-state index in [0.717, 1.165) is 21.5 Å². The lowest BCUT2D eigenvalue weighted by molar-refractivity contribution is -0.682. The fourth-order valence-corrected chi connectivity index (χ4v) is 2.82. The first-order valence-corrected chi connectivity index (χ1v) is 8.94. The Kier molecular flexibility index (Phi) is 6.24. The summed E-state index contributed by atoms with van der Waals surface area (Å²) in [7, 11) is 1.63. The van der Waals surface area contributed by atoms with E-state index >= 15 is 0 Å². The Morgan fingerprint density at radius 1 is 1.40 bits per heavy atom. The van der Waals surface area contributed by atoms with Gasteiger partial charge in [0.05, 0.1) is 17.3 Å². The van der Waals surface area contributed by atoms with Crippen LogP contribution >= 0.6 is 15.9 Å². The molecular formula is C18H25BrN3O3+. The lowest BCUT2D eigenvalue weighted by Crippen LogP contribution is -2.86. The molecule has 6 nitrogen and oxygen atoms in total. The van der Waals surface area contributed by atoms with E-state index in [9.17, 15) is 4.79 Å². The third-order valence-corrected chi connectivity index (χ3v) is 4.52. The molecule has 2 aromatic rings. The van der Waals surface area contributed by atoms with Crippen LogP contribution in [-0.2, 0) is 10.2 Å². The number of nitrogens with zero attached hydrogens (tertiary/aromatic N) is 1. The quantitative estimate of drug-likeness (QED) is 0.766. The van der Waals surface area contributed by atoms with E-state index in [1.165, 1.54) is 0 Å². The van der Waals surface area contributed by atoms with Gasteiger partial charge in [-0.05, 0) is 41.1 Å². The van der Waals surface area contributed by atoms with Crippen molar-refractivity contribution in [2.24, 2.45) is 0 Å². The molecule has 3 N–H and O–H groups in total. The summed E-state index contributed by atoms with van der Waals surface area (Å²) in [6.07, 6.45) is 0. The number of amides is 1. The number of halogens is 1. The molecule has 0 spiro atoms. The van der Waals surface area contributed by atoms with Crippen LogP contribution in [0.2, 0.25) is 0 Å². The summed E-state index contributed by atoms with van der Waals surface area (Å²) < 4.78 is 11.3. The van der Waals surface area contributed by atoms with Crippen LogP contribution < -0.4 is 15.4 Å². The third kappa shape index (κ3) is 5.31. The van der Waals surface area contributed by atoms with Crippen LogP contribution in [0.1, 0.15) is 45.0 Å². The van der Waals surface area contributed by atoms with Gasteiger partial charge in [0.2, 0.25) is 5.88 Å². The van der Waals surface area contributed by atoms with E-state index in [1.807, 2.05) is 51.2 Å². The van der Waals surface area contributed by atoms with E-state index < -0.39 is 0 Å². The number of hydrogen-bond acceptors (Lipinski definition) is 4. The number of hydrogen-bond donors (Lipinski definition) is 2. The molecule has 0 aliphatic heterocycles. The average molecular weight is 411 g/mol. The minimum atomic E-state index is -0.129. The molecule has 0 bridgehead atoms. The molecule has 0 unspecified atom stereocenters. The Bertz CT molecular complexity index is 737. The van der Waals surface area contributed by atoms with Crippen LogP contribution in [0.25, 0.3) is 0 Å². The maximum atomic E-state index is 12.1. The molecule has 0 aliphatic rings. The molecule has 1 aromatic carbocycles. The number of nitrogens with two attached hydrogens (primary N) is 1. The predicted molar refractivity (Wildman–Crippen MR) is 99.7 cm³/mol. The SMILES string of the molecule is COc1ccc([C@H](C)[NH2+]CC(=O)Nc2cc(C(C)(C)C)no2)cc1Br. The highest BCUT2D eigenvalue weighted by Gasteiger charge is 2.20. The summed E-state index contributed by atoms with van der Waals surface area (Å²) in [5, 5.41) is 8.70. The minimum Gasteiger partial charge on any atom is -0.496 e. The molecule has 0 saturated carbocycles. The van der Waals surface area contributed by atoms with Crippen LogP contribution in [0.15, 0.2) is 33.3 Å². The summed E-state index contributed by atoms with van der Waals surface area (Å²) in [5.41, 5.74) is 1.80. The number of rotatable bonds is 6. The first-order valence-electron chi connectivity index (χ1n) is 8.14. The van der Waals surface area contributed by atoms with Crippen LogP contribution in [0.5, 0.6) is 5.75 Å². The number of aromatic nitrogens is 1. The maximum Gasteiger partial charge on any atom is 0.281 e. The molecule has 2 rings (SSSR count). The number of benzene rings is 1. The van der Waals surface area contributed by atoms with Crippen molar-refractivity contribution in [2.75, 3.05) is 19.0 Å². The van der Waals surface area contributed by atoms with Gasteiger partial charge in [-0.3, -0.25) is 10.1 Å². The standard InChI is InChI=1S/C18H24BrN3O3/c1-11(12-6-7-14(24-5)13(19)8-12)20-10-16(23)21-17-9-15(22-25-17)18(2,3)4/h6-9,11,20H,10H2,1-5H3,(H,21,23)/p+1/t11-/m0/s1. The predicted octanol–water partition coefficient (Wildman–Crippen LogP) is 3.01. The monoisotopic (exact) mass is 410 g/mol. The topological polar surface area (TPSA) is 81.0 Å². The number of nitrogens with one attached hydrogen (secondary N) is 1. The zero-order valence-corrected chi connectivity index (χ0v) is 16.8. The second-order valence-corrected chi connectivity index (χ2v) is 7.85. The lowest BCUT2D eigenvalue weighted by atomic mass is 9.92. The van der Waals surface area contributed by atoms with Crippen molar-refractivity contribution in [1.29, 1.82) is 0 Å². The summed E-state index contributed by atoms with van der Waals surface area (Å²) in [5.74, 6) is 1.04. The number of carbonyl (C=O) groups excluding carboxylic acids is 1. The van der Waals surface area contributed by atoms with Gasteiger partial charge < -0.3 is 14.6 Å². The smallest absolute Gasteiger partial charge is 0.281 e. The van der Waals surface area contributed by atoms with E-state index in [4.69, 9.17) is 9.26 Å². The van der Waals surface area contributed by atoms with Gasteiger partial charge in [-0.1, -0.05) is 25.9 Å². The first kappa shape index (κ1) is 19.5. The zero-order valence-electron chi connectivity index (χ0n) is 15.2. The average Bonchev–Trinajstić information content (AvgIpc) is 3.01. The number of quaternary nitrogens is 1. The zero-order chi connectivity index (χ0) is 18.6. The van der Waals surface area contributed by atoms with Crippen molar-refractivity contribution in [2.45, 2.75) is 39.2 Å². The van der Waals surface area contributed by atoms with Crippen molar-refractivity contribution < 1.29 is 19.4 Å². The summed E-state index contributed by atoms with van der Waals surface area (Å²) in [6, 6.07) is 7.81. The van der Waals surface area contributed by atoms with Crippen molar-refractivity contribution in [3.05, 3.63) is 40.0 Å². The van der Waals surface area contributed by atoms with Crippen molar-refractivity contribution >= 4 is 27.7 Å². The Balaban J connectivity index is 1.89. The Morgan fingerprint density at radius 2 is 2.12 bits per heavy atom. The van der Waals surface area contributed by atoms with Gasteiger partial charge >= 0.3 is 0 Å². The van der Waals surface area contributed by atoms with E-state index in [2.05, 4.69) is 26.4 Å². The molecule has 0 aliphatic carbocycles. The third-order valence-electron chi connectivity index (χ3n) is 3.90. The molecule has 1 atom stereocenters. The van der Waals surface area contributed by atoms with Gasteiger partial charge in [-0.2, -0.15) is 0 Å². The molecule has 25 heavy (non-hydrogen) atoms. The minimum absolute atomic E-state index is 0.116. The fourth-order valence-electron chi connectivity index (χ4n) is 2.26. The number of ether oxygens (including phenoxy) is 1. The van der Waals surface area contributed by atoms with Gasteiger partial charge in [0.25, 0.3) is 5.91 Å². The molecule has 1 heterocycles. The summed E-state index contributed by atoms with van der Waals surface area (Å²) >= 11 is 3.48. The normalized spacial score (nSPS) is 12.7. The second kappa shape index (κ2) is 8.01. The maximum absolute atomic E-state index is 12.1. The number of methoxy groups -OCH3 is 1. The summed E-state index contributed by atoms with van der Waals surface area (Å²) in [4.78, 5) is 12.1. The van der Waals surface area contributed by atoms with Crippen molar-refractivity contribution in [3.8, 4) is 5.75 Å². The van der Waals surface area contributed by atoms with Crippen LogP contribution in [0.4, 0.5) is 5.88 Å². The Hall–Kier alpha value is -1.86. The van der Waals surface area contributed by atoms with Gasteiger partial charge in [0.15, 0.2) is 6.54 Å². The second-order valence-electron chi connectivity index (χ2n) is 7.00. The van der Waals surface area contributed by atoms with E-state index in [0.29, 0.717) is 5.88 Å². The van der Waals surface area contributed by atoms with Gasteiger partial charge in [-0.15, -0.1) is 0 Å². The van der Waals surface area contributed by atoms with Gasteiger partial charge in [0, 0.05) is 17.0 Å². The summed E-state index contributed by atoms with van der Waals surface area (Å²) in [6.45, 7) is 8.46. The molecule has 1 aromatic heterocycles. The fraction of sp³-hybridized carbons (Fsp3) is 0.444. The Labute approximate surface area is 156 Å². The van der Waals surface area contributed by atoms with Gasteiger partial charge in [0.1, 0.15) is 11.8 Å². The lowest BCUT2D eigenvalue weighted by Gasteiger charge is -2.13. The van der Waals surface area contributed by atoms with Crippen molar-refractivity contribution in [1.82, 2.24) is 5.16 Å². The number of anilines is 1. The van der Waals surface area contributed by atoms with E-state index in [1.54, 1.807) is 13.2 Å². The molecule has 0 radical (unpaired) electrons. The molecule has 7 heteroatoms. The molecule has 0 fully saturated rings. The number of carbonyl (C=O) groups is 1. The molecular weight excluding hydrogens is 386 g/mol. The molecule has 136 valence electrons. The Morgan fingerprint density at radius 3 is 2.68 bits per heavy atom. The molecule has 1 amide bonds.